The van der Waals surface area contributed by atoms with E-state index in [-0.39, 0.29) is 25.2 Å². The number of hydrogen-bond donors (Lipinski definition) is 3. The van der Waals surface area contributed by atoms with Crippen molar-refractivity contribution < 1.29 is 18.8 Å². The van der Waals surface area contributed by atoms with Gasteiger partial charge in [0.25, 0.3) is 11.8 Å². The summed E-state index contributed by atoms with van der Waals surface area (Å²) in [5, 5.41) is 5.27. The van der Waals surface area contributed by atoms with Gasteiger partial charge in [-0.05, 0) is 31.5 Å². The molecule has 9 heteroatoms. The van der Waals surface area contributed by atoms with E-state index < -0.39 is 29.8 Å². The molecule has 1 atom stereocenters. The maximum Gasteiger partial charge on any atom is 0.319 e. The van der Waals surface area contributed by atoms with Crippen LogP contribution in [0, 0.1) is 5.82 Å². The highest BCUT2D eigenvalue weighted by Gasteiger charge is 2.40. The first-order valence-electron chi connectivity index (χ1n) is 8.58. The number of halogens is 1. The van der Waals surface area contributed by atoms with Gasteiger partial charge in [-0.25, -0.2) is 9.18 Å². The Morgan fingerprint density at radius 3 is 2.62 bits per heavy atom. The van der Waals surface area contributed by atoms with Crippen LogP contribution in [0.1, 0.15) is 23.7 Å². The fraction of sp³-hybridized carbons (Fsp3) is 0.471. The molecule has 1 heterocycles. The molecule has 1 unspecified atom stereocenters. The molecule has 0 aromatic heterocycles. The van der Waals surface area contributed by atoms with Gasteiger partial charge in [-0.15, -0.1) is 0 Å². The summed E-state index contributed by atoms with van der Waals surface area (Å²) in [7, 11) is 0. The second-order valence-electron chi connectivity index (χ2n) is 5.84. The number of nitrogens with one attached hydrogen (secondary N) is 2. The summed E-state index contributed by atoms with van der Waals surface area (Å²) >= 11 is 0. The Kier molecular flexibility index (Phi) is 6.90. The predicted molar refractivity (Wildman–Crippen MR) is 93.7 cm³/mol. The summed E-state index contributed by atoms with van der Waals surface area (Å²) in [5.41, 5.74) is 5.55. The van der Waals surface area contributed by atoms with Crippen molar-refractivity contribution >= 4 is 17.8 Å². The quantitative estimate of drug-likeness (QED) is 0.688. The van der Waals surface area contributed by atoms with Gasteiger partial charge in [-0.1, -0.05) is 6.07 Å². The molecule has 2 rings (SSSR count). The van der Waals surface area contributed by atoms with Crippen molar-refractivity contribution in [3.05, 3.63) is 35.6 Å². The molecule has 4 amide bonds. The Bertz CT molecular complexity index is 670. The third-order valence-corrected chi connectivity index (χ3v) is 3.99. The molecule has 4 N–H and O–H groups in total. The third-order valence-electron chi connectivity index (χ3n) is 3.99. The Labute approximate surface area is 151 Å². The first kappa shape index (κ1) is 19.6. The van der Waals surface area contributed by atoms with Crippen LogP contribution in [-0.2, 0) is 4.79 Å². The van der Waals surface area contributed by atoms with Gasteiger partial charge in [-0.2, -0.15) is 0 Å². The van der Waals surface area contributed by atoms with E-state index in [0.29, 0.717) is 19.5 Å². The molecule has 0 radical (unpaired) electrons. The molecule has 1 fully saturated rings. The monoisotopic (exact) mass is 365 g/mol. The van der Waals surface area contributed by atoms with Gasteiger partial charge >= 0.3 is 6.03 Å². The molecule has 1 aliphatic rings. The highest BCUT2D eigenvalue weighted by atomic mass is 19.1. The highest BCUT2D eigenvalue weighted by molar-refractivity contribution is 5.98. The van der Waals surface area contributed by atoms with Crippen molar-refractivity contribution in [1.82, 2.24) is 20.4 Å². The molecule has 0 bridgehead atoms. The molecule has 1 aromatic carbocycles. The van der Waals surface area contributed by atoms with Crippen molar-refractivity contribution in [1.29, 1.82) is 0 Å². The van der Waals surface area contributed by atoms with Crippen LogP contribution >= 0.6 is 0 Å². The van der Waals surface area contributed by atoms with Gasteiger partial charge in [0, 0.05) is 38.3 Å². The van der Waals surface area contributed by atoms with E-state index in [9.17, 15) is 18.8 Å². The molecule has 1 aliphatic heterocycles. The van der Waals surface area contributed by atoms with E-state index >= 15 is 0 Å². The van der Waals surface area contributed by atoms with Gasteiger partial charge in [0.1, 0.15) is 5.82 Å². The Hall–Kier alpha value is -2.68. The van der Waals surface area contributed by atoms with Crippen LogP contribution in [0.2, 0.25) is 0 Å². The number of benzene rings is 1. The zero-order chi connectivity index (χ0) is 19.1. The van der Waals surface area contributed by atoms with Crippen molar-refractivity contribution in [2.45, 2.75) is 19.5 Å². The van der Waals surface area contributed by atoms with Gasteiger partial charge in [-0.3, -0.25) is 14.5 Å². The lowest BCUT2D eigenvalue weighted by Gasteiger charge is -2.42. The topological polar surface area (TPSA) is 108 Å². The fourth-order valence-corrected chi connectivity index (χ4v) is 2.86. The molecule has 8 nitrogen and oxygen atoms in total. The maximum atomic E-state index is 13.5. The van der Waals surface area contributed by atoms with Crippen LogP contribution in [0.4, 0.5) is 9.18 Å². The summed E-state index contributed by atoms with van der Waals surface area (Å²) in [4.78, 5) is 40.5. The average Bonchev–Trinajstić information content (AvgIpc) is 2.65. The van der Waals surface area contributed by atoms with Crippen molar-refractivity contribution in [2.24, 2.45) is 5.73 Å². The first-order valence-corrected chi connectivity index (χ1v) is 8.58. The van der Waals surface area contributed by atoms with E-state index in [1.165, 1.54) is 28.0 Å². The van der Waals surface area contributed by atoms with Crippen LogP contribution < -0.4 is 16.4 Å². The zero-order valence-electron chi connectivity index (χ0n) is 14.7. The fourth-order valence-electron chi connectivity index (χ4n) is 2.86. The lowest BCUT2D eigenvalue weighted by Crippen LogP contribution is -2.65. The molecule has 0 spiro atoms. The van der Waals surface area contributed by atoms with Gasteiger partial charge < -0.3 is 21.3 Å². The SMILES string of the molecule is CCNC(=O)N1CCCN(C(=O)c2cccc(F)c2)C1C(=O)NCCN. The van der Waals surface area contributed by atoms with Crippen molar-refractivity contribution in [3.63, 3.8) is 0 Å². The predicted octanol–water partition coefficient (Wildman–Crippen LogP) is 0.104. The van der Waals surface area contributed by atoms with Crippen LogP contribution in [0.15, 0.2) is 24.3 Å². The van der Waals surface area contributed by atoms with Crippen molar-refractivity contribution in [3.8, 4) is 0 Å². The minimum atomic E-state index is -1.11. The zero-order valence-corrected chi connectivity index (χ0v) is 14.7. The maximum absolute atomic E-state index is 13.5. The van der Waals surface area contributed by atoms with E-state index in [1.807, 2.05) is 0 Å². The number of carbonyl (C=O) groups excluding carboxylic acids is 3. The molecule has 26 heavy (non-hydrogen) atoms. The number of urea groups is 1. The molecular weight excluding hydrogens is 341 g/mol. The number of carbonyl (C=O) groups is 3. The van der Waals surface area contributed by atoms with E-state index in [4.69, 9.17) is 5.73 Å². The highest BCUT2D eigenvalue weighted by Crippen LogP contribution is 2.19. The smallest absolute Gasteiger partial charge is 0.319 e. The lowest BCUT2D eigenvalue weighted by molar-refractivity contribution is -0.132. The van der Waals surface area contributed by atoms with Gasteiger partial charge in [0.15, 0.2) is 6.17 Å². The Morgan fingerprint density at radius 1 is 1.23 bits per heavy atom. The number of amides is 4. The van der Waals surface area contributed by atoms with Crippen LogP contribution in [-0.4, -0.2) is 66.5 Å². The van der Waals surface area contributed by atoms with E-state index in [2.05, 4.69) is 10.6 Å². The van der Waals surface area contributed by atoms with Crippen LogP contribution in [0.3, 0.4) is 0 Å². The van der Waals surface area contributed by atoms with Crippen LogP contribution in [0.5, 0.6) is 0 Å². The summed E-state index contributed by atoms with van der Waals surface area (Å²) in [6.45, 7) is 3.23. The second kappa shape index (κ2) is 9.14. The minimum absolute atomic E-state index is 0.124. The van der Waals surface area contributed by atoms with Gasteiger partial charge in [0.05, 0.1) is 0 Å². The molecule has 0 aliphatic carbocycles. The Morgan fingerprint density at radius 2 is 1.96 bits per heavy atom. The molecule has 0 saturated carbocycles. The molecule has 1 saturated heterocycles. The normalized spacial score (nSPS) is 17.0. The van der Waals surface area contributed by atoms with Crippen LogP contribution in [0.25, 0.3) is 0 Å². The first-order chi connectivity index (χ1) is 12.5. The molecule has 1 aromatic rings. The number of nitrogens with two attached hydrogens (primary N) is 1. The minimum Gasteiger partial charge on any atom is -0.351 e. The second-order valence-corrected chi connectivity index (χ2v) is 5.84. The summed E-state index contributed by atoms with van der Waals surface area (Å²) in [6.07, 6.45) is -0.601. The molecule has 142 valence electrons. The van der Waals surface area contributed by atoms with E-state index in [1.54, 1.807) is 6.92 Å². The number of rotatable bonds is 5. The van der Waals surface area contributed by atoms with Crippen molar-refractivity contribution in [2.75, 3.05) is 32.7 Å². The Balaban J connectivity index is 2.32. The standard InChI is InChI=1S/C17H24FN5O3/c1-2-20-17(26)23-10-4-9-22(15(23)14(24)21-8-7-19)16(25)12-5-3-6-13(18)11-12/h3,5-6,11,15H,2,4,7-10,19H2,1H3,(H,20,26)(H,21,24). The molecular formula is C17H24FN5O3. The largest absolute Gasteiger partial charge is 0.351 e. The van der Waals surface area contributed by atoms with Gasteiger partial charge in [0.2, 0.25) is 0 Å². The van der Waals surface area contributed by atoms with E-state index in [0.717, 1.165) is 6.07 Å². The lowest BCUT2D eigenvalue weighted by atomic mass is 10.1. The summed E-state index contributed by atoms with van der Waals surface area (Å²) < 4.78 is 13.5. The summed E-state index contributed by atoms with van der Waals surface area (Å²) in [6, 6.07) is 4.82. The number of hydrogen-bond acceptors (Lipinski definition) is 4. The average molecular weight is 365 g/mol. The number of nitrogens with zero attached hydrogens (tertiary/aromatic N) is 2. The summed E-state index contributed by atoms with van der Waals surface area (Å²) in [5.74, 6) is -1.55. The third kappa shape index (κ3) is 4.48.